The van der Waals surface area contributed by atoms with Gasteiger partial charge in [-0.05, 0) is 36.7 Å². The Kier molecular flexibility index (Phi) is 5.91. The molecule has 1 saturated heterocycles. The van der Waals surface area contributed by atoms with E-state index in [9.17, 15) is 0 Å². The summed E-state index contributed by atoms with van der Waals surface area (Å²) in [6, 6.07) is 10.5. The second-order valence-electron chi connectivity index (χ2n) is 7.11. The third-order valence-electron chi connectivity index (χ3n) is 5.07. The topological polar surface area (TPSA) is 49.3 Å². The fourth-order valence-corrected chi connectivity index (χ4v) is 4.40. The van der Waals surface area contributed by atoms with Gasteiger partial charge in [0, 0.05) is 38.3 Å². The molecular weight excluding hydrogens is 390 g/mol. The molecule has 28 heavy (non-hydrogen) atoms. The summed E-state index contributed by atoms with van der Waals surface area (Å²) in [6.45, 7) is 7.85. The molecule has 8 heteroatoms. The Morgan fingerprint density at radius 1 is 1.18 bits per heavy atom. The van der Waals surface area contributed by atoms with Gasteiger partial charge in [-0.2, -0.15) is 4.98 Å². The highest BCUT2D eigenvalue weighted by Gasteiger charge is 2.19. The highest BCUT2D eigenvalue weighted by Crippen LogP contribution is 2.23. The molecule has 6 nitrogen and oxygen atoms in total. The summed E-state index contributed by atoms with van der Waals surface area (Å²) in [4.78, 5) is 10.5. The van der Waals surface area contributed by atoms with E-state index in [0.29, 0.717) is 4.77 Å². The largest absolute Gasteiger partial charge is 0.496 e. The van der Waals surface area contributed by atoms with Gasteiger partial charge in [0.25, 0.3) is 0 Å². The van der Waals surface area contributed by atoms with Gasteiger partial charge in [0.05, 0.1) is 18.7 Å². The molecule has 0 spiro atoms. The molecule has 4 rings (SSSR count). The highest BCUT2D eigenvalue weighted by atomic mass is 32.1. The Balaban J connectivity index is 1.35. The predicted octanol–water partition coefficient (Wildman–Crippen LogP) is 3.76. The maximum Gasteiger partial charge on any atom is 0.217 e. The summed E-state index contributed by atoms with van der Waals surface area (Å²) in [7, 11) is 1.74. The number of methoxy groups -OCH3 is 1. The Labute approximate surface area is 174 Å². The van der Waals surface area contributed by atoms with Gasteiger partial charge in [-0.15, -0.1) is 11.3 Å². The lowest BCUT2D eigenvalue weighted by Crippen LogP contribution is -2.46. The zero-order valence-electron chi connectivity index (χ0n) is 16.2. The van der Waals surface area contributed by atoms with Crippen LogP contribution in [0.4, 0.5) is 0 Å². The van der Waals surface area contributed by atoms with E-state index in [1.54, 1.807) is 18.4 Å². The van der Waals surface area contributed by atoms with Crippen LogP contribution in [0, 0.1) is 11.7 Å². The van der Waals surface area contributed by atoms with Crippen molar-refractivity contribution in [3.63, 3.8) is 0 Å². The molecule has 1 N–H and O–H groups in total. The minimum Gasteiger partial charge on any atom is -0.496 e. The van der Waals surface area contributed by atoms with Crippen molar-refractivity contribution in [2.45, 2.75) is 20.1 Å². The van der Waals surface area contributed by atoms with Gasteiger partial charge >= 0.3 is 0 Å². The molecule has 3 heterocycles. The molecule has 0 unspecified atom stereocenters. The molecule has 0 aliphatic carbocycles. The summed E-state index contributed by atoms with van der Waals surface area (Å²) >= 11 is 7.10. The molecule has 1 aliphatic heterocycles. The SMILES string of the molecule is COc1ccc(C)cc1CN1CCN(Cn2[nH]c(-c3cccs3)nc2=S)CC1. The van der Waals surface area contributed by atoms with Crippen LogP contribution in [0.15, 0.2) is 35.7 Å². The van der Waals surface area contributed by atoms with E-state index >= 15 is 0 Å². The molecule has 1 aromatic carbocycles. The number of ether oxygens (including phenoxy) is 1. The maximum absolute atomic E-state index is 5.53. The first-order valence-electron chi connectivity index (χ1n) is 9.41. The first-order chi connectivity index (χ1) is 13.6. The van der Waals surface area contributed by atoms with Gasteiger partial charge in [0.15, 0.2) is 5.82 Å². The average molecular weight is 416 g/mol. The number of H-pyrrole nitrogens is 1. The summed E-state index contributed by atoms with van der Waals surface area (Å²) in [6.07, 6.45) is 0. The number of benzene rings is 1. The van der Waals surface area contributed by atoms with Crippen LogP contribution in [0.25, 0.3) is 10.7 Å². The molecule has 1 fully saturated rings. The molecule has 0 bridgehead atoms. The first-order valence-corrected chi connectivity index (χ1v) is 10.7. The van der Waals surface area contributed by atoms with Crippen LogP contribution in [0.1, 0.15) is 11.1 Å². The van der Waals surface area contributed by atoms with E-state index in [0.717, 1.165) is 55.8 Å². The van der Waals surface area contributed by atoms with Crippen molar-refractivity contribution < 1.29 is 4.74 Å². The van der Waals surface area contributed by atoms with E-state index in [1.807, 2.05) is 16.1 Å². The summed E-state index contributed by atoms with van der Waals surface area (Å²) in [5, 5.41) is 5.39. The number of thiophene rings is 1. The van der Waals surface area contributed by atoms with Crippen molar-refractivity contribution in [3.8, 4) is 16.5 Å². The van der Waals surface area contributed by atoms with E-state index < -0.39 is 0 Å². The lowest BCUT2D eigenvalue weighted by Gasteiger charge is -2.34. The number of aryl methyl sites for hydroxylation is 1. The summed E-state index contributed by atoms with van der Waals surface area (Å²) < 4.78 is 8.09. The zero-order chi connectivity index (χ0) is 19.5. The third-order valence-corrected chi connectivity index (χ3v) is 6.26. The standard InChI is InChI=1S/C20H25N5OS2/c1-15-5-6-17(26-2)16(12-15)13-23-7-9-24(10-8-23)14-25-20(27)21-19(22-25)18-4-3-11-28-18/h3-6,11-12H,7-10,13-14H2,1-2H3,(H,21,22,27). The van der Waals surface area contributed by atoms with E-state index in [-0.39, 0.29) is 0 Å². The second-order valence-corrected chi connectivity index (χ2v) is 8.42. The van der Waals surface area contributed by atoms with Crippen molar-refractivity contribution in [3.05, 3.63) is 51.6 Å². The Bertz CT molecular complexity index is 971. The Morgan fingerprint density at radius 3 is 2.68 bits per heavy atom. The van der Waals surface area contributed by atoms with E-state index in [4.69, 9.17) is 17.0 Å². The van der Waals surface area contributed by atoms with Crippen LogP contribution in [0.2, 0.25) is 0 Å². The molecule has 148 valence electrons. The number of aromatic amines is 1. The van der Waals surface area contributed by atoms with Gasteiger partial charge < -0.3 is 4.74 Å². The summed E-state index contributed by atoms with van der Waals surface area (Å²) in [5.41, 5.74) is 2.52. The number of hydrogen-bond donors (Lipinski definition) is 1. The number of hydrogen-bond acceptors (Lipinski definition) is 6. The zero-order valence-corrected chi connectivity index (χ0v) is 17.9. The number of aromatic nitrogens is 3. The molecule has 0 amide bonds. The molecule has 0 radical (unpaired) electrons. The Hall–Kier alpha value is -2.00. The van der Waals surface area contributed by atoms with Crippen molar-refractivity contribution in [1.82, 2.24) is 24.6 Å². The van der Waals surface area contributed by atoms with Crippen molar-refractivity contribution in [2.75, 3.05) is 33.3 Å². The maximum atomic E-state index is 5.53. The van der Waals surface area contributed by atoms with Crippen LogP contribution in [-0.4, -0.2) is 57.9 Å². The second kappa shape index (κ2) is 8.57. The van der Waals surface area contributed by atoms with Gasteiger partial charge in [-0.3, -0.25) is 14.9 Å². The number of nitrogens with zero attached hydrogens (tertiary/aromatic N) is 4. The number of piperazine rings is 1. The molecule has 3 aromatic rings. The predicted molar refractivity (Wildman–Crippen MR) is 115 cm³/mol. The average Bonchev–Trinajstić information content (AvgIpc) is 3.34. The fraction of sp³-hybridized carbons (Fsp3) is 0.400. The lowest BCUT2D eigenvalue weighted by atomic mass is 10.1. The van der Waals surface area contributed by atoms with Crippen LogP contribution < -0.4 is 4.74 Å². The van der Waals surface area contributed by atoms with Crippen molar-refractivity contribution in [1.29, 1.82) is 0 Å². The van der Waals surface area contributed by atoms with Crippen LogP contribution in [0.5, 0.6) is 5.75 Å². The van der Waals surface area contributed by atoms with Crippen LogP contribution in [0.3, 0.4) is 0 Å². The monoisotopic (exact) mass is 415 g/mol. The van der Waals surface area contributed by atoms with E-state index in [2.05, 4.69) is 51.1 Å². The third kappa shape index (κ3) is 4.35. The van der Waals surface area contributed by atoms with Gasteiger partial charge in [0.2, 0.25) is 4.77 Å². The van der Waals surface area contributed by atoms with Gasteiger partial charge in [-0.1, -0.05) is 23.8 Å². The van der Waals surface area contributed by atoms with Gasteiger partial charge in [0.1, 0.15) is 5.75 Å². The highest BCUT2D eigenvalue weighted by molar-refractivity contribution is 7.71. The molecule has 2 aromatic heterocycles. The Morgan fingerprint density at radius 2 is 1.96 bits per heavy atom. The minimum absolute atomic E-state index is 0.607. The molecule has 0 saturated carbocycles. The van der Waals surface area contributed by atoms with Gasteiger partial charge in [-0.25, -0.2) is 4.68 Å². The van der Waals surface area contributed by atoms with Crippen LogP contribution in [-0.2, 0) is 13.2 Å². The fourth-order valence-electron chi connectivity index (χ4n) is 3.54. The summed E-state index contributed by atoms with van der Waals surface area (Å²) in [5.74, 6) is 1.82. The van der Waals surface area contributed by atoms with Crippen molar-refractivity contribution >= 4 is 23.6 Å². The quantitative estimate of drug-likeness (QED) is 0.621. The minimum atomic E-state index is 0.607. The number of nitrogens with one attached hydrogen (secondary N) is 1. The normalized spacial score (nSPS) is 15.8. The number of rotatable bonds is 6. The van der Waals surface area contributed by atoms with Crippen LogP contribution >= 0.6 is 23.6 Å². The molecule has 1 aliphatic rings. The first kappa shape index (κ1) is 19.3. The van der Waals surface area contributed by atoms with Crippen molar-refractivity contribution in [2.24, 2.45) is 0 Å². The lowest BCUT2D eigenvalue weighted by molar-refractivity contribution is 0.0977. The molecule has 0 atom stereocenters. The molecular formula is C20H25N5OS2. The van der Waals surface area contributed by atoms with E-state index in [1.165, 1.54) is 11.1 Å². The smallest absolute Gasteiger partial charge is 0.217 e.